The smallest absolute Gasteiger partial charge is 0.255 e. The zero-order valence-corrected chi connectivity index (χ0v) is 17.3. The number of nitrogens with one attached hydrogen (secondary N) is 1. The lowest BCUT2D eigenvalue weighted by atomic mass is 10.0. The molecule has 2 fully saturated rings. The van der Waals surface area contributed by atoms with Crippen LogP contribution in [0, 0.1) is 0 Å². The van der Waals surface area contributed by atoms with Crippen molar-refractivity contribution in [3.8, 4) is 11.3 Å². The minimum Gasteiger partial charge on any atom is -0.379 e. The molecule has 0 bridgehead atoms. The summed E-state index contributed by atoms with van der Waals surface area (Å²) in [6.45, 7) is 3.08. The summed E-state index contributed by atoms with van der Waals surface area (Å²) >= 11 is 0. The van der Waals surface area contributed by atoms with E-state index in [2.05, 4.69) is 21.3 Å². The van der Waals surface area contributed by atoms with Crippen LogP contribution in [0.3, 0.4) is 0 Å². The van der Waals surface area contributed by atoms with Crippen molar-refractivity contribution in [2.75, 3.05) is 20.2 Å². The lowest BCUT2D eigenvalue weighted by Crippen LogP contribution is -2.52. The van der Waals surface area contributed by atoms with E-state index in [9.17, 15) is 14.4 Å². The molecule has 1 aromatic heterocycles. The Kier molecular flexibility index (Phi) is 5.03. The van der Waals surface area contributed by atoms with Crippen molar-refractivity contribution >= 4 is 17.7 Å². The third-order valence-electron chi connectivity index (χ3n) is 6.31. The molecule has 0 aliphatic carbocycles. The summed E-state index contributed by atoms with van der Waals surface area (Å²) in [7, 11) is 1.74. The lowest BCUT2D eigenvalue weighted by Gasteiger charge is -2.38. The third-order valence-corrected chi connectivity index (χ3v) is 6.31. The zero-order chi connectivity index (χ0) is 21.5. The number of benzene rings is 1. The van der Waals surface area contributed by atoms with E-state index in [4.69, 9.17) is 4.74 Å². The molecular weight excluding hydrogens is 396 g/mol. The van der Waals surface area contributed by atoms with Gasteiger partial charge in [0.1, 0.15) is 6.04 Å². The van der Waals surface area contributed by atoms with E-state index in [1.807, 2.05) is 30.5 Å². The van der Waals surface area contributed by atoms with E-state index in [0.29, 0.717) is 24.6 Å². The van der Waals surface area contributed by atoms with Crippen molar-refractivity contribution in [1.29, 1.82) is 0 Å². The molecule has 8 heteroatoms. The molecule has 1 aromatic carbocycles. The molecule has 0 spiro atoms. The second-order valence-corrected chi connectivity index (χ2v) is 8.37. The molecule has 2 saturated heterocycles. The number of likely N-dealkylation sites (tertiary alicyclic amines) is 1. The van der Waals surface area contributed by atoms with E-state index in [1.54, 1.807) is 12.0 Å². The van der Waals surface area contributed by atoms with Gasteiger partial charge < -0.3 is 9.64 Å². The minimum absolute atomic E-state index is 0.164. The van der Waals surface area contributed by atoms with Crippen LogP contribution in [0.1, 0.15) is 34.3 Å². The normalized spacial score (nSPS) is 21.8. The van der Waals surface area contributed by atoms with E-state index in [-0.39, 0.29) is 18.2 Å². The molecule has 31 heavy (non-hydrogen) atoms. The topological polar surface area (TPSA) is 91.8 Å². The molecule has 3 aliphatic rings. The van der Waals surface area contributed by atoms with Crippen molar-refractivity contribution in [2.45, 2.75) is 38.1 Å². The monoisotopic (exact) mass is 420 g/mol. The van der Waals surface area contributed by atoms with Gasteiger partial charge in [-0.2, -0.15) is 0 Å². The molecule has 1 unspecified atom stereocenters. The van der Waals surface area contributed by atoms with Crippen molar-refractivity contribution < 1.29 is 19.1 Å². The number of hydrogen-bond donors (Lipinski definition) is 1. The Labute approximate surface area is 180 Å². The first-order valence-corrected chi connectivity index (χ1v) is 10.5. The van der Waals surface area contributed by atoms with Crippen LogP contribution in [0.4, 0.5) is 0 Å². The number of methoxy groups -OCH3 is 1. The Balaban J connectivity index is 1.33. The molecule has 1 atom stereocenters. The van der Waals surface area contributed by atoms with E-state index >= 15 is 0 Å². The summed E-state index contributed by atoms with van der Waals surface area (Å²) in [5, 5.41) is 2.33. The van der Waals surface area contributed by atoms with E-state index in [0.717, 1.165) is 36.5 Å². The van der Waals surface area contributed by atoms with Gasteiger partial charge in [0.2, 0.25) is 11.8 Å². The van der Waals surface area contributed by atoms with Crippen molar-refractivity contribution in [3.63, 3.8) is 0 Å². The Morgan fingerprint density at radius 1 is 1.16 bits per heavy atom. The fraction of sp³-hybridized carbons (Fsp3) is 0.391. The molecule has 1 N–H and O–H groups in total. The summed E-state index contributed by atoms with van der Waals surface area (Å²) in [4.78, 5) is 44.9. The summed E-state index contributed by atoms with van der Waals surface area (Å²) in [5.41, 5.74) is 4.47. The first kappa shape index (κ1) is 19.8. The average molecular weight is 420 g/mol. The first-order valence-electron chi connectivity index (χ1n) is 10.5. The number of piperidine rings is 1. The van der Waals surface area contributed by atoms with Crippen LogP contribution in [0.5, 0.6) is 0 Å². The van der Waals surface area contributed by atoms with Gasteiger partial charge in [0, 0.05) is 57.0 Å². The summed E-state index contributed by atoms with van der Waals surface area (Å²) in [6.07, 6.45) is 2.75. The van der Waals surface area contributed by atoms with Gasteiger partial charge in [-0.1, -0.05) is 6.07 Å². The number of nitrogens with zero attached hydrogens (tertiary/aromatic N) is 3. The molecule has 3 aliphatic heterocycles. The van der Waals surface area contributed by atoms with Gasteiger partial charge in [0.05, 0.1) is 11.8 Å². The van der Waals surface area contributed by atoms with E-state index < -0.39 is 11.9 Å². The highest BCUT2D eigenvalue weighted by Gasteiger charge is 2.39. The van der Waals surface area contributed by atoms with E-state index in [1.165, 1.54) is 5.56 Å². The second-order valence-electron chi connectivity index (χ2n) is 8.37. The number of aromatic nitrogens is 1. The van der Waals surface area contributed by atoms with Crippen LogP contribution in [-0.2, 0) is 27.4 Å². The fourth-order valence-electron chi connectivity index (χ4n) is 4.52. The molecule has 3 amide bonds. The van der Waals surface area contributed by atoms with Crippen LogP contribution in [0.15, 0.2) is 36.5 Å². The molecule has 0 saturated carbocycles. The minimum atomic E-state index is -0.602. The first-order chi connectivity index (χ1) is 15.0. The third kappa shape index (κ3) is 3.73. The maximum absolute atomic E-state index is 12.9. The number of carbonyl (C=O) groups is 3. The van der Waals surface area contributed by atoms with Crippen molar-refractivity contribution in [3.05, 3.63) is 53.2 Å². The molecule has 2 aromatic rings. The maximum Gasteiger partial charge on any atom is 0.255 e. The quantitative estimate of drug-likeness (QED) is 0.734. The van der Waals surface area contributed by atoms with Crippen LogP contribution < -0.4 is 5.32 Å². The number of amides is 3. The molecule has 160 valence electrons. The van der Waals surface area contributed by atoms with Gasteiger partial charge in [-0.05, 0) is 41.8 Å². The highest BCUT2D eigenvalue weighted by Crippen LogP contribution is 2.31. The number of hydrogen-bond acceptors (Lipinski definition) is 6. The maximum atomic E-state index is 12.9. The van der Waals surface area contributed by atoms with Gasteiger partial charge in [-0.25, -0.2) is 0 Å². The average Bonchev–Trinajstić information content (AvgIpc) is 3.06. The Hall–Kier alpha value is -3.10. The van der Waals surface area contributed by atoms with Crippen molar-refractivity contribution in [2.24, 2.45) is 0 Å². The molecule has 8 nitrogen and oxygen atoms in total. The number of imide groups is 1. The lowest BCUT2D eigenvalue weighted by molar-refractivity contribution is -0.136. The van der Waals surface area contributed by atoms with Gasteiger partial charge in [0.15, 0.2) is 0 Å². The van der Waals surface area contributed by atoms with Crippen LogP contribution in [0.25, 0.3) is 11.3 Å². The largest absolute Gasteiger partial charge is 0.379 e. The van der Waals surface area contributed by atoms with Crippen LogP contribution in [0.2, 0.25) is 0 Å². The van der Waals surface area contributed by atoms with Gasteiger partial charge in [-0.3, -0.25) is 29.6 Å². The van der Waals surface area contributed by atoms with Crippen LogP contribution in [-0.4, -0.2) is 64.9 Å². The molecule has 0 radical (unpaired) electrons. The van der Waals surface area contributed by atoms with Crippen molar-refractivity contribution in [1.82, 2.24) is 20.1 Å². The second kappa shape index (κ2) is 7.86. The predicted molar refractivity (Wildman–Crippen MR) is 112 cm³/mol. The summed E-state index contributed by atoms with van der Waals surface area (Å²) < 4.78 is 5.34. The fourth-order valence-corrected chi connectivity index (χ4v) is 4.52. The highest BCUT2D eigenvalue weighted by atomic mass is 16.5. The molecule has 4 heterocycles. The van der Waals surface area contributed by atoms with Gasteiger partial charge >= 0.3 is 0 Å². The molecular formula is C23H24N4O4. The van der Waals surface area contributed by atoms with Gasteiger partial charge in [-0.15, -0.1) is 0 Å². The van der Waals surface area contributed by atoms with Gasteiger partial charge in [0.25, 0.3) is 5.91 Å². The van der Waals surface area contributed by atoms with Crippen LogP contribution >= 0.6 is 0 Å². The number of carbonyl (C=O) groups excluding carboxylic acids is 3. The summed E-state index contributed by atoms with van der Waals surface area (Å²) in [6, 6.07) is 9.19. The number of ether oxygens (including phenoxy) is 1. The Bertz CT molecular complexity index is 1060. The Morgan fingerprint density at radius 3 is 2.77 bits per heavy atom. The highest BCUT2D eigenvalue weighted by molar-refractivity contribution is 6.05. The Morgan fingerprint density at radius 2 is 2.00 bits per heavy atom. The molecule has 5 rings (SSSR count). The number of pyridine rings is 1. The zero-order valence-electron chi connectivity index (χ0n) is 17.3. The summed E-state index contributed by atoms with van der Waals surface area (Å²) in [5.74, 6) is -0.841. The standard InChI is InChI=1S/C23H24N4O4/c1-31-17-12-26(13-17)10-14-6-7-24-19(8-14)15-2-3-18-16(9-15)11-27(23(18)30)20-4-5-21(28)25-22(20)29/h2-3,6-9,17,20H,4-5,10-13H2,1H3,(H,25,28,29). The number of rotatable bonds is 5. The number of fused-ring (bicyclic) bond motifs is 1. The SMILES string of the molecule is COC1CN(Cc2ccnc(-c3ccc4c(c3)CN(C3CCC(=O)NC3=O)C4=O)c2)C1. The predicted octanol–water partition coefficient (Wildman–Crippen LogP) is 1.34.